The second-order valence-corrected chi connectivity index (χ2v) is 3.43. The summed E-state index contributed by atoms with van der Waals surface area (Å²) in [5, 5.41) is 17.9. The summed E-state index contributed by atoms with van der Waals surface area (Å²) in [4.78, 5) is 10.5. The minimum Gasteiger partial charge on any atom is -0.508 e. The van der Waals surface area contributed by atoms with E-state index in [2.05, 4.69) is 15.9 Å². The first-order valence-corrected chi connectivity index (χ1v) is 4.28. The lowest BCUT2D eigenvalue weighted by Crippen LogP contribution is -2.20. The van der Waals surface area contributed by atoms with E-state index in [1.807, 2.05) is 0 Å². The van der Waals surface area contributed by atoms with Crippen LogP contribution in [0.5, 0.6) is 5.75 Å². The Labute approximate surface area is 83.1 Å². The molecule has 1 aromatic rings. The molecule has 0 unspecified atom stereocenters. The van der Waals surface area contributed by atoms with Crippen molar-refractivity contribution >= 4 is 21.9 Å². The monoisotopic (exact) mass is 245 g/mol. The highest BCUT2D eigenvalue weighted by Crippen LogP contribution is 2.26. The van der Waals surface area contributed by atoms with Crippen LogP contribution in [0.2, 0.25) is 0 Å². The van der Waals surface area contributed by atoms with E-state index >= 15 is 0 Å². The van der Waals surface area contributed by atoms with E-state index in [0.717, 1.165) is 0 Å². The molecule has 0 spiro atoms. The predicted octanol–water partition coefficient (Wildman–Crippen LogP) is 1.24. The van der Waals surface area contributed by atoms with Crippen molar-refractivity contribution in [2.45, 2.75) is 6.04 Å². The van der Waals surface area contributed by atoms with Crippen LogP contribution in [0.15, 0.2) is 22.7 Å². The largest absolute Gasteiger partial charge is 0.508 e. The summed E-state index contributed by atoms with van der Waals surface area (Å²) in [6, 6.07) is 3.31. The first kappa shape index (κ1) is 10.0. The van der Waals surface area contributed by atoms with Crippen molar-refractivity contribution in [1.29, 1.82) is 0 Å². The Morgan fingerprint density at radius 1 is 1.54 bits per heavy atom. The van der Waals surface area contributed by atoms with E-state index in [-0.39, 0.29) is 11.3 Å². The van der Waals surface area contributed by atoms with Gasteiger partial charge in [-0.2, -0.15) is 0 Å². The van der Waals surface area contributed by atoms with Crippen LogP contribution in [0.4, 0.5) is 0 Å². The van der Waals surface area contributed by atoms with Crippen LogP contribution >= 0.6 is 15.9 Å². The molecule has 0 heterocycles. The van der Waals surface area contributed by atoms with Gasteiger partial charge >= 0.3 is 5.97 Å². The Hall–Kier alpha value is -1.07. The molecule has 13 heavy (non-hydrogen) atoms. The van der Waals surface area contributed by atoms with Gasteiger partial charge in [0.25, 0.3) is 0 Å². The minimum absolute atomic E-state index is 0.121. The molecular weight excluding hydrogens is 238 g/mol. The normalized spacial score (nSPS) is 12.5. The average Bonchev–Trinajstić information content (AvgIpc) is 2.03. The number of nitrogens with two attached hydrogens (primary N) is 1. The van der Waals surface area contributed by atoms with E-state index in [1.165, 1.54) is 12.1 Å². The molecule has 1 rings (SSSR count). The molecule has 0 amide bonds. The Bertz CT molecular complexity index is 340. The van der Waals surface area contributed by atoms with Crippen molar-refractivity contribution in [3.63, 3.8) is 0 Å². The van der Waals surface area contributed by atoms with Crippen LogP contribution in [0, 0.1) is 0 Å². The maximum atomic E-state index is 10.5. The smallest absolute Gasteiger partial charge is 0.325 e. The number of phenolic OH excluding ortho intramolecular Hbond substituents is 1. The predicted molar refractivity (Wildman–Crippen MR) is 50.4 cm³/mol. The quantitative estimate of drug-likeness (QED) is 0.732. The molecule has 1 atom stereocenters. The Balaban J connectivity index is 3.08. The molecule has 0 aliphatic heterocycles. The molecule has 4 N–H and O–H groups in total. The van der Waals surface area contributed by atoms with Gasteiger partial charge in [-0.25, -0.2) is 0 Å². The number of phenols is 1. The first-order valence-electron chi connectivity index (χ1n) is 3.49. The molecule has 0 aliphatic carbocycles. The zero-order valence-corrected chi connectivity index (χ0v) is 8.15. The van der Waals surface area contributed by atoms with Crippen molar-refractivity contribution in [3.8, 4) is 5.75 Å². The average molecular weight is 246 g/mol. The number of carboxylic acids is 1. The van der Waals surface area contributed by atoms with Crippen LogP contribution in [-0.4, -0.2) is 16.2 Å². The van der Waals surface area contributed by atoms with E-state index in [1.54, 1.807) is 6.07 Å². The van der Waals surface area contributed by atoms with Gasteiger partial charge in [-0.1, -0.05) is 22.0 Å². The molecule has 5 heteroatoms. The summed E-state index contributed by atoms with van der Waals surface area (Å²) in [6.07, 6.45) is 0. The van der Waals surface area contributed by atoms with Crippen LogP contribution in [0.1, 0.15) is 11.6 Å². The molecule has 4 nitrogen and oxygen atoms in total. The maximum absolute atomic E-state index is 10.5. The Morgan fingerprint density at radius 2 is 2.15 bits per heavy atom. The van der Waals surface area contributed by atoms with Crippen molar-refractivity contribution in [2.24, 2.45) is 5.73 Å². The third-order valence-electron chi connectivity index (χ3n) is 1.59. The van der Waals surface area contributed by atoms with Gasteiger partial charge in [0.05, 0.1) is 0 Å². The van der Waals surface area contributed by atoms with Gasteiger partial charge in [0, 0.05) is 10.0 Å². The SMILES string of the molecule is N[C@H](C(=O)O)c1ccc(Br)cc1O. The standard InChI is InChI=1S/C8H8BrNO3/c9-4-1-2-5(6(11)3-4)7(10)8(12)13/h1-3,7,11H,10H2,(H,12,13)/t7-/m0/s1. The van der Waals surface area contributed by atoms with Crippen LogP contribution in [-0.2, 0) is 4.79 Å². The molecule has 0 saturated carbocycles. The van der Waals surface area contributed by atoms with E-state index < -0.39 is 12.0 Å². The molecular formula is C8H8BrNO3. The van der Waals surface area contributed by atoms with Gasteiger partial charge in [-0.3, -0.25) is 4.79 Å². The topological polar surface area (TPSA) is 83.6 Å². The van der Waals surface area contributed by atoms with Crippen molar-refractivity contribution in [2.75, 3.05) is 0 Å². The Morgan fingerprint density at radius 3 is 2.62 bits per heavy atom. The number of halogens is 1. The summed E-state index contributed by atoms with van der Waals surface area (Å²) < 4.78 is 0.673. The van der Waals surface area contributed by atoms with Gasteiger partial charge in [-0.15, -0.1) is 0 Å². The maximum Gasteiger partial charge on any atom is 0.325 e. The third kappa shape index (κ3) is 2.19. The number of hydrogen-bond acceptors (Lipinski definition) is 3. The fourth-order valence-corrected chi connectivity index (χ4v) is 1.26. The lowest BCUT2D eigenvalue weighted by atomic mass is 10.1. The van der Waals surface area contributed by atoms with Crippen LogP contribution in [0.3, 0.4) is 0 Å². The molecule has 0 aliphatic rings. The van der Waals surface area contributed by atoms with Gasteiger partial charge < -0.3 is 15.9 Å². The van der Waals surface area contributed by atoms with Crippen molar-refractivity contribution < 1.29 is 15.0 Å². The molecule has 0 aromatic heterocycles. The number of aliphatic carboxylic acids is 1. The van der Waals surface area contributed by atoms with Crippen LogP contribution in [0.25, 0.3) is 0 Å². The van der Waals surface area contributed by atoms with E-state index in [9.17, 15) is 9.90 Å². The lowest BCUT2D eigenvalue weighted by molar-refractivity contribution is -0.138. The van der Waals surface area contributed by atoms with Crippen molar-refractivity contribution in [1.82, 2.24) is 0 Å². The number of benzene rings is 1. The highest BCUT2D eigenvalue weighted by molar-refractivity contribution is 9.10. The van der Waals surface area contributed by atoms with Crippen LogP contribution < -0.4 is 5.73 Å². The van der Waals surface area contributed by atoms with Crippen molar-refractivity contribution in [3.05, 3.63) is 28.2 Å². The number of hydrogen-bond donors (Lipinski definition) is 3. The van der Waals surface area contributed by atoms with Gasteiger partial charge in [0.1, 0.15) is 11.8 Å². The summed E-state index contributed by atoms with van der Waals surface area (Å²) in [7, 11) is 0. The number of rotatable bonds is 2. The van der Waals surface area contributed by atoms with Gasteiger partial charge in [0.15, 0.2) is 0 Å². The molecule has 1 aromatic carbocycles. The summed E-state index contributed by atoms with van der Waals surface area (Å²) in [6.45, 7) is 0. The molecule has 0 fully saturated rings. The number of carboxylic acid groups (broad SMARTS) is 1. The second-order valence-electron chi connectivity index (χ2n) is 2.52. The number of carbonyl (C=O) groups is 1. The second kappa shape index (κ2) is 3.76. The summed E-state index contributed by atoms with van der Waals surface area (Å²) in [5.74, 6) is -1.29. The Kier molecular flexibility index (Phi) is 2.90. The summed E-state index contributed by atoms with van der Waals surface area (Å²) >= 11 is 3.13. The summed E-state index contributed by atoms with van der Waals surface area (Å²) in [5.41, 5.74) is 5.52. The number of aromatic hydroxyl groups is 1. The fourth-order valence-electron chi connectivity index (χ4n) is 0.913. The highest BCUT2D eigenvalue weighted by Gasteiger charge is 2.17. The highest BCUT2D eigenvalue weighted by atomic mass is 79.9. The molecule has 0 bridgehead atoms. The minimum atomic E-state index is -1.19. The molecule has 0 radical (unpaired) electrons. The molecule has 70 valence electrons. The lowest BCUT2D eigenvalue weighted by Gasteiger charge is -2.08. The van der Waals surface area contributed by atoms with Gasteiger partial charge in [0.2, 0.25) is 0 Å². The fraction of sp³-hybridized carbons (Fsp3) is 0.125. The zero-order chi connectivity index (χ0) is 10.0. The zero-order valence-electron chi connectivity index (χ0n) is 6.57. The third-order valence-corrected chi connectivity index (χ3v) is 2.09. The van der Waals surface area contributed by atoms with E-state index in [0.29, 0.717) is 4.47 Å². The van der Waals surface area contributed by atoms with Gasteiger partial charge in [-0.05, 0) is 12.1 Å². The molecule has 0 saturated heterocycles. The first-order chi connectivity index (χ1) is 6.02. The van der Waals surface area contributed by atoms with E-state index in [4.69, 9.17) is 10.8 Å².